The van der Waals surface area contributed by atoms with Crippen molar-refractivity contribution in [2.45, 2.75) is 64.3 Å². The molecule has 3 fully saturated rings. The molecular formula is C47H52N12O4. The van der Waals surface area contributed by atoms with E-state index in [2.05, 4.69) is 94.0 Å². The number of imide groups is 1. The molecule has 10 rings (SSSR count). The van der Waals surface area contributed by atoms with Gasteiger partial charge in [0, 0.05) is 104 Å². The molecule has 4 amide bonds. The van der Waals surface area contributed by atoms with Crippen molar-refractivity contribution in [1.29, 1.82) is 0 Å². The molecule has 2 aromatic carbocycles. The lowest BCUT2D eigenvalue weighted by molar-refractivity contribution is -0.120. The second-order valence-electron chi connectivity index (χ2n) is 18.2. The molecule has 1 atom stereocenters. The molecule has 63 heavy (non-hydrogen) atoms. The van der Waals surface area contributed by atoms with E-state index in [1.807, 2.05) is 39.1 Å². The van der Waals surface area contributed by atoms with E-state index in [1.165, 1.54) is 11.3 Å². The van der Waals surface area contributed by atoms with Gasteiger partial charge in [0.25, 0.3) is 0 Å². The molecule has 6 aromatic rings. The summed E-state index contributed by atoms with van der Waals surface area (Å²) in [5, 5.41) is 10.4. The zero-order valence-corrected chi connectivity index (χ0v) is 35.9. The third-order valence-corrected chi connectivity index (χ3v) is 13.0. The highest BCUT2D eigenvalue weighted by Gasteiger charge is 2.30. The Morgan fingerprint density at radius 2 is 1.60 bits per heavy atom. The summed E-state index contributed by atoms with van der Waals surface area (Å²) in [5.41, 5.74) is 8.47. The van der Waals surface area contributed by atoms with Crippen molar-refractivity contribution in [2.75, 3.05) is 67.1 Å². The number of H-pyrrole nitrogens is 1. The van der Waals surface area contributed by atoms with Crippen molar-refractivity contribution in [2.24, 2.45) is 5.92 Å². The van der Waals surface area contributed by atoms with E-state index >= 15 is 0 Å². The lowest BCUT2D eigenvalue weighted by Gasteiger charge is -2.39. The number of fused-ring (bicyclic) bond motifs is 2. The number of nitrogens with zero attached hydrogens (tertiary/aromatic N) is 9. The number of aromatic amines is 1. The molecule has 16 nitrogen and oxygen atoms in total. The van der Waals surface area contributed by atoms with Gasteiger partial charge in [0.2, 0.25) is 5.91 Å². The van der Waals surface area contributed by atoms with Crippen molar-refractivity contribution in [1.82, 2.24) is 45.6 Å². The fraction of sp³-hybridized carbons (Fsp3) is 0.404. The van der Waals surface area contributed by atoms with Crippen LogP contribution in [0.5, 0.6) is 0 Å². The fourth-order valence-corrected chi connectivity index (χ4v) is 9.37. The Balaban J connectivity index is 0.719. The van der Waals surface area contributed by atoms with Gasteiger partial charge in [-0.25, -0.2) is 19.7 Å². The minimum atomic E-state index is -0.364. The van der Waals surface area contributed by atoms with E-state index in [-0.39, 0.29) is 35.2 Å². The second-order valence-corrected chi connectivity index (χ2v) is 18.2. The standard InChI is InChI=1S/C47H52N12O4/c1-47(2,3)45-54-44(63-55-45)43(61)52-37-12-5-30-24-31(4-11-35(30)37)41-36-25-38(51-42(36)50-28-49-41)32-6-13-39(48-26-32)58-22-20-56(21-23-58)27-29-14-17-57(18-15-29)33-7-9-34(10-8-33)59-19-16-40(60)53-46(59)62/h4,6-11,13,24-26,28-29,37H,5,12,14-23,27H2,1-3H3,(H,52,61)(H,49,50,51)(H,53,60,62). The van der Waals surface area contributed by atoms with Gasteiger partial charge < -0.3 is 24.6 Å². The van der Waals surface area contributed by atoms with Crippen LogP contribution in [-0.4, -0.2) is 105 Å². The van der Waals surface area contributed by atoms with E-state index in [1.54, 1.807) is 11.2 Å². The second kappa shape index (κ2) is 16.5. The summed E-state index contributed by atoms with van der Waals surface area (Å²) in [6, 6.07) is 20.3. The number of piperidine rings is 1. The Morgan fingerprint density at radius 3 is 2.33 bits per heavy atom. The number of hydrogen-bond acceptors (Lipinski definition) is 12. The lowest BCUT2D eigenvalue weighted by atomic mass is 9.95. The fourth-order valence-electron chi connectivity index (χ4n) is 9.37. The van der Waals surface area contributed by atoms with Gasteiger partial charge in [-0.1, -0.05) is 38.1 Å². The van der Waals surface area contributed by atoms with Crippen LogP contribution in [0.25, 0.3) is 33.5 Å². The maximum atomic E-state index is 13.0. The minimum Gasteiger partial charge on any atom is -0.372 e. The highest BCUT2D eigenvalue weighted by Crippen LogP contribution is 2.37. The number of anilines is 3. The van der Waals surface area contributed by atoms with Crippen molar-refractivity contribution >= 4 is 46.1 Å². The van der Waals surface area contributed by atoms with E-state index in [0.29, 0.717) is 24.7 Å². The van der Waals surface area contributed by atoms with Gasteiger partial charge in [-0.3, -0.25) is 24.7 Å². The van der Waals surface area contributed by atoms with E-state index in [4.69, 9.17) is 14.5 Å². The first kappa shape index (κ1) is 40.4. The highest BCUT2D eigenvalue weighted by molar-refractivity contribution is 6.05. The number of benzene rings is 2. The van der Waals surface area contributed by atoms with Crippen molar-refractivity contribution in [3.05, 3.63) is 96.0 Å². The average molecular weight is 849 g/mol. The van der Waals surface area contributed by atoms with E-state index < -0.39 is 0 Å². The van der Waals surface area contributed by atoms with Gasteiger partial charge in [0.1, 0.15) is 17.8 Å². The average Bonchev–Trinajstić information content (AvgIpc) is 4.07. The molecule has 7 heterocycles. The van der Waals surface area contributed by atoms with Gasteiger partial charge in [-0.15, -0.1) is 0 Å². The molecule has 0 radical (unpaired) electrons. The smallest absolute Gasteiger partial charge is 0.328 e. The van der Waals surface area contributed by atoms with Crippen LogP contribution in [0.4, 0.5) is 22.0 Å². The van der Waals surface area contributed by atoms with Crippen LogP contribution in [0.1, 0.15) is 80.1 Å². The molecule has 0 bridgehead atoms. The van der Waals surface area contributed by atoms with Crippen molar-refractivity contribution < 1.29 is 18.9 Å². The number of hydrogen-bond donors (Lipinski definition) is 3. The Morgan fingerprint density at radius 1 is 0.825 bits per heavy atom. The molecule has 4 aliphatic rings. The molecule has 1 aliphatic carbocycles. The van der Waals surface area contributed by atoms with Crippen LogP contribution in [0.2, 0.25) is 0 Å². The Hall–Kier alpha value is -6.68. The lowest BCUT2D eigenvalue weighted by Crippen LogP contribution is -2.49. The van der Waals surface area contributed by atoms with E-state index in [0.717, 1.165) is 122 Å². The van der Waals surface area contributed by atoms with Crippen molar-refractivity contribution in [3.8, 4) is 22.5 Å². The van der Waals surface area contributed by atoms with Gasteiger partial charge in [0.05, 0.1) is 11.7 Å². The summed E-state index contributed by atoms with van der Waals surface area (Å²) < 4.78 is 5.28. The molecule has 324 valence electrons. The van der Waals surface area contributed by atoms with Crippen LogP contribution in [-0.2, 0) is 16.6 Å². The molecule has 0 spiro atoms. The first-order valence-corrected chi connectivity index (χ1v) is 22.0. The summed E-state index contributed by atoms with van der Waals surface area (Å²) in [6.07, 6.45) is 7.78. The molecular weight excluding hydrogens is 797 g/mol. The number of urea groups is 1. The summed E-state index contributed by atoms with van der Waals surface area (Å²) in [6.45, 7) is 13.4. The number of aryl methyl sites for hydroxylation is 1. The molecule has 4 aromatic heterocycles. The zero-order chi connectivity index (χ0) is 43.2. The SMILES string of the molecule is CC(C)(C)c1noc(C(=O)NC2CCc3cc(-c4ncnc5[nH]c(-c6ccc(N7CCN(CC8CCN(c9ccc(N%10CCC(=O)NC%10=O)cc9)CC8)CC7)nc6)cc45)ccc32)n1. The van der Waals surface area contributed by atoms with Gasteiger partial charge in [-0.2, -0.15) is 4.98 Å². The third kappa shape index (κ3) is 8.34. The number of amides is 4. The molecule has 16 heteroatoms. The minimum absolute atomic E-state index is 0.0185. The maximum Gasteiger partial charge on any atom is 0.328 e. The molecule has 0 saturated carbocycles. The number of carbonyl (C=O) groups is 3. The highest BCUT2D eigenvalue weighted by atomic mass is 16.5. The molecule has 3 saturated heterocycles. The summed E-state index contributed by atoms with van der Waals surface area (Å²) >= 11 is 0. The summed E-state index contributed by atoms with van der Waals surface area (Å²) in [7, 11) is 0. The largest absolute Gasteiger partial charge is 0.372 e. The number of pyridine rings is 1. The summed E-state index contributed by atoms with van der Waals surface area (Å²) in [5.74, 6) is 1.56. The van der Waals surface area contributed by atoms with E-state index in [9.17, 15) is 14.4 Å². The number of carbonyl (C=O) groups excluding carboxylic acids is 3. The Bertz CT molecular complexity index is 2650. The summed E-state index contributed by atoms with van der Waals surface area (Å²) in [4.78, 5) is 67.9. The monoisotopic (exact) mass is 848 g/mol. The quantitative estimate of drug-likeness (QED) is 0.149. The number of aromatic nitrogens is 6. The van der Waals surface area contributed by atoms with Crippen LogP contribution in [0, 0.1) is 5.92 Å². The Kier molecular flexibility index (Phi) is 10.6. The first-order valence-electron chi connectivity index (χ1n) is 22.0. The first-order chi connectivity index (χ1) is 30.5. The molecule has 1 unspecified atom stereocenters. The number of nitrogens with one attached hydrogen (secondary N) is 3. The van der Waals surface area contributed by atoms with Crippen LogP contribution in [0.15, 0.2) is 77.7 Å². The normalized spacial score (nSPS) is 18.8. The van der Waals surface area contributed by atoms with Crippen LogP contribution < -0.4 is 25.3 Å². The molecule has 3 N–H and O–H groups in total. The molecule has 3 aliphatic heterocycles. The zero-order valence-electron chi connectivity index (χ0n) is 35.9. The van der Waals surface area contributed by atoms with Gasteiger partial charge in [0.15, 0.2) is 5.82 Å². The van der Waals surface area contributed by atoms with Crippen LogP contribution in [0.3, 0.4) is 0 Å². The Labute approximate surface area is 365 Å². The third-order valence-electron chi connectivity index (χ3n) is 13.0. The predicted molar refractivity (Wildman–Crippen MR) is 240 cm³/mol. The van der Waals surface area contributed by atoms with Gasteiger partial charge in [-0.05, 0) is 91.3 Å². The van der Waals surface area contributed by atoms with Crippen molar-refractivity contribution in [3.63, 3.8) is 0 Å². The van der Waals surface area contributed by atoms with Crippen LogP contribution >= 0.6 is 0 Å². The topological polar surface area (TPSA) is 182 Å². The number of rotatable bonds is 9. The predicted octanol–water partition coefficient (Wildman–Crippen LogP) is 6.27. The maximum absolute atomic E-state index is 13.0. The number of piperazine rings is 1. The van der Waals surface area contributed by atoms with Gasteiger partial charge >= 0.3 is 17.8 Å².